The predicted octanol–water partition coefficient (Wildman–Crippen LogP) is 0.736. The molecule has 2 aromatic heterocycles. The van der Waals surface area contributed by atoms with Crippen molar-refractivity contribution in [2.24, 2.45) is 0 Å². The molecular weight excluding hydrogens is 663 g/mol. The standard InChI is InChI=1S/C21H23ClN3O15P3/c22-14-3-1-12(2-4-14)13-5-7-23-15(9-13)10-25-17(26)6-8-24(21(25)29)20-19(28)18(27)16(38-20)11-37-42(33,34)40-43(35,36)39-41(30,31)32/h1-9,16,18-20,27-28H,10-11H2,(H,33,34)(H,35,36)(H2,30,31,32)/t16-,18?,19?,20-/m1/s1. The molecular formula is C21H23ClN3O15P3. The second kappa shape index (κ2) is 12.9. The van der Waals surface area contributed by atoms with Gasteiger partial charge in [-0.15, -0.1) is 0 Å². The van der Waals surface area contributed by atoms with Gasteiger partial charge < -0.3 is 34.5 Å². The highest BCUT2D eigenvalue weighted by Crippen LogP contribution is 2.66. The lowest BCUT2D eigenvalue weighted by molar-refractivity contribution is -0.0547. The van der Waals surface area contributed by atoms with Crippen LogP contribution >= 0.6 is 35.1 Å². The van der Waals surface area contributed by atoms with Crippen molar-refractivity contribution >= 4 is 35.1 Å². The van der Waals surface area contributed by atoms with Crippen molar-refractivity contribution in [3.05, 3.63) is 86.4 Å². The first-order chi connectivity index (χ1) is 19.9. The third kappa shape index (κ3) is 8.63. The minimum atomic E-state index is -5.80. The predicted molar refractivity (Wildman–Crippen MR) is 144 cm³/mol. The molecule has 1 fully saturated rings. The third-order valence-electron chi connectivity index (χ3n) is 5.84. The molecule has 6 atom stereocenters. The zero-order valence-electron chi connectivity index (χ0n) is 21.3. The summed E-state index contributed by atoms with van der Waals surface area (Å²) < 4.78 is 52.8. The van der Waals surface area contributed by atoms with Gasteiger partial charge in [0.2, 0.25) is 0 Å². The molecule has 22 heteroatoms. The van der Waals surface area contributed by atoms with E-state index in [1.54, 1.807) is 36.4 Å². The van der Waals surface area contributed by atoms with Gasteiger partial charge in [0, 0.05) is 23.5 Å². The summed E-state index contributed by atoms with van der Waals surface area (Å²) in [6.07, 6.45) is -4.52. The van der Waals surface area contributed by atoms with Crippen molar-refractivity contribution in [1.29, 1.82) is 0 Å². The summed E-state index contributed by atoms with van der Waals surface area (Å²) in [7, 11) is -17.0. The highest BCUT2D eigenvalue weighted by atomic mass is 35.5. The summed E-state index contributed by atoms with van der Waals surface area (Å²) in [5.74, 6) is 0. The minimum absolute atomic E-state index is 0.291. The molecule has 0 saturated carbocycles. The largest absolute Gasteiger partial charge is 0.490 e. The molecule has 1 aliphatic rings. The molecule has 6 N–H and O–H groups in total. The SMILES string of the molecule is O=c1ccn([C@@H]2O[C@H](COP(=O)(O)OP(=O)(O)OP(=O)(O)O)C(O)C2O)c(=O)n1Cc1cc(-c2ccc(Cl)cc2)ccn1. The molecule has 43 heavy (non-hydrogen) atoms. The Kier molecular flexibility index (Phi) is 10.1. The molecule has 1 aliphatic heterocycles. The molecule has 0 amide bonds. The summed E-state index contributed by atoms with van der Waals surface area (Å²) in [5, 5.41) is 21.4. The van der Waals surface area contributed by atoms with E-state index >= 15 is 0 Å². The molecule has 234 valence electrons. The molecule has 4 rings (SSSR count). The Bertz CT molecular complexity index is 1740. The van der Waals surface area contributed by atoms with Crippen molar-refractivity contribution < 1.29 is 61.4 Å². The Hall–Kier alpha value is -2.37. The third-order valence-corrected chi connectivity index (χ3v) is 9.89. The number of aliphatic hydroxyl groups excluding tert-OH is 2. The molecule has 0 spiro atoms. The van der Waals surface area contributed by atoms with Crippen LogP contribution in [-0.4, -0.2) is 68.8 Å². The van der Waals surface area contributed by atoms with Gasteiger partial charge in [-0.05, 0) is 35.4 Å². The zero-order valence-corrected chi connectivity index (χ0v) is 24.8. The molecule has 1 aromatic carbocycles. The fourth-order valence-corrected chi connectivity index (χ4v) is 7.14. The summed E-state index contributed by atoms with van der Waals surface area (Å²) in [6.45, 7) is -1.38. The zero-order chi connectivity index (χ0) is 31.7. The molecule has 1 saturated heterocycles. The molecule has 3 heterocycles. The molecule has 18 nitrogen and oxygen atoms in total. The second-order valence-corrected chi connectivity index (χ2v) is 13.8. The lowest BCUT2D eigenvalue weighted by atomic mass is 10.1. The first-order valence-corrected chi connectivity index (χ1v) is 16.7. The van der Waals surface area contributed by atoms with E-state index in [1.165, 1.54) is 6.20 Å². The average Bonchev–Trinajstić information content (AvgIpc) is 3.17. The van der Waals surface area contributed by atoms with E-state index in [-0.39, 0.29) is 6.54 Å². The van der Waals surface area contributed by atoms with Crippen molar-refractivity contribution in [1.82, 2.24) is 14.1 Å². The monoisotopic (exact) mass is 685 g/mol. The number of pyridine rings is 1. The molecule has 4 unspecified atom stereocenters. The van der Waals surface area contributed by atoms with Crippen LogP contribution in [0, 0.1) is 0 Å². The van der Waals surface area contributed by atoms with Crippen LogP contribution in [-0.2, 0) is 38.1 Å². The van der Waals surface area contributed by atoms with Crippen molar-refractivity contribution in [2.75, 3.05) is 6.61 Å². The minimum Gasteiger partial charge on any atom is -0.387 e. The Balaban J connectivity index is 1.50. The van der Waals surface area contributed by atoms with E-state index in [2.05, 4.69) is 18.1 Å². The van der Waals surface area contributed by atoms with Crippen LogP contribution in [0.2, 0.25) is 5.02 Å². The Morgan fingerprint density at radius 1 is 0.907 bits per heavy atom. The van der Waals surface area contributed by atoms with E-state index < -0.39 is 65.9 Å². The molecule has 3 aromatic rings. The van der Waals surface area contributed by atoms with Gasteiger partial charge >= 0.3 is 29.2 Å². The van der Waals surface area contributed by atoms with E-state index in [1.807, 2.05) is 0 Å². The number of hydrogen-bond donors (Lipinski definition) is 6. The maximum absolute atomic E-state index is 13.3. The van der Waals surface area contributed by atoms with Gasteiger partial charge in [0.1, 0.15) is 18.3 Å². The summed E-state index contributed by atoms with van der Waals surface area (Å²) in [6, 6.07) is 11.3. The number of phosphoric acid groups is 3. The Morgan fingerprint density at radius 3 is 2.23 bits per heavy atom. The number of phosphoric ester groups is 1. The number of rotatable bonds is 11. The fourth-order valence-electron chi connectivity index (χ4n) is 3.99. The molecule has 0 bridgehead atoms. The fraction of sp³-hybridized carbons (Fsp3) is 0.286. The normalized spacial score (nSPS) is 23.5. The van der Waals surface area contributed by atoms with Crippen LogP contribution in [0.3, 0.4) is 0 Å². The van der Waals surface area contributed by atoms with Crippen molar-refractivity contribution in [3.63, 3.8) is 0 Å². The molecule has 0 radical (unpaired) electrons. The second-order valence-electron chi connectivity index (χ2n) is 8.91. The van der Waals surface area contributed by atoms with Gasteiger partial charge in [-0.1, -0.05) is 23.7 Å². The summed E-state index contributed by atoms with van der Waals surface area (Å²) >= 11 is 5.93. The van der Waals surface area contributed by atoms with E-state index in [9.17, 15) is 43.3 Å². The lowest BCUT2D eigenvalue weighted by Crippen LogP contribution is -2.43. The first kappa shape index (κ1) is 33.5. The van der Waals surface area contributed by atoms with Crippen LogP contribution in [0.1, 0.15) is 11.9 Å². The number of hydrogen-bond acceptors (Lipinski definition) is 12. The van der Waals surface area contributed by atoms with Gasteiger partial charge in [0.05, 0.1) is 18.8 Å². The van der Waals surface area contributed by atoms with Crippen molar-refractivity contribution in [2.45, 2.75) is 31.1 Å². The number of benzene rings is 1. The van der Waals surface area contributed by atoms with Gasteiger partial charge in [-0.3, -0.25) is 23.4 Å². The van der Waals surface area contributed by atoms with Gasteiger partial charge in [0.15, 0.2) is 6.23 Å². The number of aromatic nitrogens is 3. The maximum Gasteiger partial charge on any atom is 0.490 e. The van der Waals surface area contributed by atoms with Crippen LogP contribution in [0.4, 0.5) is 0 Å². The van der Waals surface area contributed by atoms with Gasteiger partial charge in [0.25, 0.3) is 5.56 Å². The van der Waals surface area contributed by atoms with Gasteiger partial charge in [-0.25, -0.2) is 18.5 Å². The lowest BCUT2D eigenvalue weighted by Gasteiger charge is -2.19. The van der Waals surface area contributed by atoms with Crippen LogP contribution in [0.15, 0.2) is 64.4 Å². The number of nitrogens with zero attached hydrogens (tertiary/aromatic N) is 3. The van der Waals surface area contributed by atoms with E-state index in [0.717, 1.165) is 32.5 Å². The van der Waals surface area contributed by atoms with E-state index in [0.29, 0.717) is 10.7 Å². The smallest absolute Gasteiger partial charge is 0.387 e. The van der Waals surface area contributed by atoms with Crippen LogP contribution in [0.25, 0.3) is 11.1 Å². The van der Waals surface area contributed by atoms with Crippen LogP contribution in [0.5, 0.6) is 0 Å². The number of ether oxygens (including phenoxy) is 1. The highest BCUT2D eigenvalue weighted by Gasteiger charge is 2.47. The summed E-state index contributed by atoms with van der Waals surface area (Å²) in [4.78, 5) is 66.1. The average molecular weight is 686 g/mol. The number of aliphatic hydroxyl groups is 2. The topological polar surface area (TPSA) is 266 Å². The van der Waals surface area contributed by atoms with Crippen molar-refractivity contribution in [3.8, 4) is 11.1 Å². The quantitative estimate of drug-likeness (QED) is 0.152. The summed E-state index contributed by atoms with van der Waals surface area (Å²) in [5.41, 5.74) is 0.145. The molecule has 0 aliphatic carbocycles. The highest BCUT2D eigenvalue weighted by molar-refractivity contribution is 7.66. The Labute approximate surface area is 245 Å². The van der Waals surface area contributed by atoms with E-state index in [4.69, 9.17) is 26.1 Å². The maximum atomic E-state index is 13.3. The van der Waals surface area contributed by atoms with Gasteiger partial charge in [-0.2, -0.15) is 8.62 Å². The first-order valence-electron chi connectivity index (χ1n) is 11.8. The Morgan fingerprint density at radius 2 is 1.58 bits per heavy atom. The van der Waals surface area contributed by atoms with Crippen LogP contribution < -0.4 is 11.2 Å². The number of halogens is 1.